The van der Waals surface area contributed by atoms with Crippen molar-refractivity contribution in [3.05, 3.63) is 41.9 Å². The summed E-state index contributed by atoms with van der Waals surface area (Å²) in [6, 6.07) is 8.94. The van der Waals surface area contributed by atoms with E-state index in [9.17, 15) is 0 Å². The van der Waals surface area contributed by atoms with Crippen LogP contribution in [0.3, 0.4) is 0 Å². The Bertz CT molecular complexity index is 493. The molecule has 2 N–H and O–H groups in total. The van der Waals surface area contributed by atoms with Gasteiger partial charge in [0.15, 0.2) is 0 Å². The van der Waals surface area contributed by atoms with Crippen molar-refractivity contribution in [3.8, 4) is 11.3 Å². The number of H-pyrrole nitrogens is 1. The number of aryl methyl sites for hydroxylation is 1. The molecule has 2 aromatic rings. The summed E-state index contributed by atoms with van der Waals surface area (Å²) in [5.74, 6) is 1.07. The smallest absolute Gasteiger partial charge is 0.123 e. The Hall–Kier alpha value is -1.61. The van der Waals surface area contributed by atoms with Crippen LogP contribution < -0.4 is 5.32 Å². The second-order valence-electron chi connectivity index (χ2n) is 4.70. The summed E-state index contributed by atoms with van der Waals surface area (Å²) in [4.78, 5) is 7.90. The lowest BCUT2D eigenvalue weighted by Crippen LogP contribution is -2.14. The monoisotopic (exact) mass is 257 g/mol. The van der Waals surface area contributed by atoms with E-state index in [1.54, 1.807) is 0 Å². The van der Waals surface area contributed by atoms with Crippen LogP contribution in [0.1, 0.15) is 44.1 Å². The maximum Gasteiger partial charge on any atom is 0.123 e. The van der Waals surface area contributed by atoms with Crippen molar-refractivity contribution in [2.24, 2.45) is 0 Å². The van der Waals surface area contributed by atoms with Gasteiger partial charge in [0.05, 0.1) is 17.9 Å². The fraction of sp³-hybridized carbons (Fsp3) is 0.438. The molecule has 2 heterocycles. The van der Waals surface area contributed by atoms with Crippen LogP contribution in [0.15, 0.2) is 30.5 Å². The molecule has 1 aromatic carbocycles. The Morgan fingerprint density at radius 3 is 2.53 bits per heavy atom. The second kappa shape index (κ2) is 6.53. The molecule has 102 valence electrons. The Labute approximate surface area is 115 Å². The number of hydrogen-bond acceptors (Lipinski definition) is 2. The summed E-state index contributed by atoms with van der Waals surface area (Å²) in [6.45, 7) is 7.20. The van der Waals surface area contributed by atoms with Gasteiger partial charge < -0.3 is 10.3 Å². The van der Waals surface area contributed by atoms with Gasteiger partial charge in [0.25, 0.3) is 0 Å². The number of rotatable bonds is 2. The van der Waals surface area contributed by atoms with E-state index in [1.807, 2.05) is 20.0 Å². The fourth-order valence-corrected chi connectivity index (χ4v) is 2.31. The van der Waals surface area contributed by atoms with Crippen LogP contribution in [0.25, 0.3) is 11.3 Å². The number of hydrogen-bond donors (Lipinski definition) is 2. The highest BCUT2D eigenvalue weighted by molar-refractivity contribution is 5.58. The average molecular weight is 257 g/mol. The molecule has 1 unspecified atom stereocenters. The second-order valence-corrected chi connectivity index (χ2v) is 4.70. The normalized spacial score (nSPS) is 17.9. The standard InChI is InChI=1S/C14H17N3.C2H6/c1-10-4-6-11(7-5-10)13-9-16-14(17-13)12-3-2-8-15-12;1-2/h4-7,9,12,15H,2-3,8H2,1H3,(H,16,17);1-2H3. The SMILES string of the molecule is CC.Cc1ccc(-c2cnc(C3CCCN3)[nH]2)cc1. The van der Waals surface area contributed by atoms with E-state index < -0.39 is 0 Å². The highest BCUT2D eigenvalue weighted by Gasteiger charge is 2.18. The third-order valence-electron chi connectivity index (χ3n) is 3.35. The minimum absolute atomic E-state index is 0.411. The molecule has 1 saturated heterocycles. The van der Waals surface area contributed by atoms with Crippen molar-refractivity contribution < 1.29 is 0 Å². The maximum atomic E-state index is 4.48. The Morgan fingerprint density at radius 1 is 1.16 bits per heavy atom. The molecule has 0 saturated carbocycles. The lowest BCUT2D eigenvalue weighted by molar-refractivity contribution is 0.613. The maximum absolute atomic E-state index is 4.48. The number of aromatic nitrogens is 2. The van der Waals surface area contributed by atoms with Gasteiger partial charge in [-0.25, -0.2) is 4.98 Å². The van der Waals surface area contributed by atoms with Crippen LogP contribution in [0.2, 0.25) is 0 Å². The van der Waals surface area contributed by atoms with E-state index in [-0.39, 0.29) is 0 Å². The quantitative estimate of drug-likeness (QED) is 0.858. The highest BCUT2D eigenvalue weighted by Crippen LogP contribution is 2.24. The van der Waals surface area contributed by atoms with Crippen molar-refractivity contribution in [2.45, 2.75) is 39.7 Å². The van der Waals surface area contributed by atoms with Gasteiger partial charge in [0.2, 0.25) is 0 Å². The molecule has 0 aliphatic carbocycles. The molecule has 1 aliphatic heterocycles. The zero-order valence-corrected chi connectivity index (χ0v) is 12.0. The predicted octanol–water partition coefficient (Wildman–Crippen LogP) is 3.84. The number of benzene rings is 1. The molecule has 0 amide bonds. The first-order valence-corrected chi connectivity index (χ1v) is 7.18. The summed E-state index contributed by atoms with van der Waals surface area (Å²) in [5.41, 5.74) is 3.59. The van der Waals surface area contributed by atoms with Crippen molar-refractivity contribution in [3.63, 3.8) is 0 Å². The molecule has 19 heavy (non-hydrogen) atoms. The Kier molecular flexibility index (Phi) is 4.74. The predicted molar refractivity (Wildman–Crippen MR) is 80.1 cm³/mol. The van der Waals surface area contributed by atoms with Gasteiger partial charge >= 0.3 is 0 Å². The summed E-state index contributed by atoms with van der Waals surface area (Å²) in [7, 11) is 0. The highest BCUT2D eigenvalue weighted by atomic mass is 15.0. The first-order chi connectivity index (χ1) is 9.33. The van der Waals surface area contributed by atoms with Crippen LogP contribution >= 0.6 is 0 Å². The van der Waals surface area contributed by atoms with E-state index in [2.05, 4.69) is 46.5 Å². The molecule has 0 radical (unpaired) electrons. The number of aromatic amines is 1. The molecular weight excluding hydrogens is 234 g/mol. The van der Waals surface area contributed by atoms with E-state index in [0.717, 1.165) is 18.1 Å². The first kappa shape index (κ1) is 13.8. The molecule has 1 aromatic heterocycles. The lowest BCUT2D eigenvalue weighted by atomic mass is 10.1. The van der Waals surface area contributed by atoms with Crippen molar-refractivity contribution in [1.82, 2.24) is 15.3 Å². The molecule has 3 heteroatoms. The van der Waals surface area contributed by atoms with Crippen LogP contribution in [-0.2, 0) is 0 Å². The van der Waals surface area contributed by atoms with Crippen molar-refractivity contribution in [1.29, 1.82) is 0 Å². The third kappa shape index (κ3) is 3.24. The topological polar surface area (TPSA) is 40.7 Å². The Morgan fingerprint density at radius 2 is 1.89 bits per heavy atom. The zero-order valence-electron chi connectivity index (χ0n) is 12.0. The molecule has 1 atom stereocenters. The summed E-state index contributed by atoms with van der Waals surface area (Å²) >= 11 is 0. The molecule has 1 aliphatic rings. The molecule has 0 bridgehead atoms. The summed E-state index contributed by atoms with van der Waals surface area (Å²) < 4.78 is 0. The van der Waals surface area contributed by atoms with Gasteiger partial charge in [-0.1, -0.05) is 43.7 Å². The minimum atomic E-state index is 0.411. The van der Waals surface area contributed by atoms with Gasteiger partial charge in [-0.3, -0.25) is 0 Å². The zero-order chi connectivity index (χ0) is 13.7. The van der Waals surface area contributed by atoms with E-state index in [1.165, 1.54) is 24.0 Å². The van der Waals surface area contributed by atoms with Gasteiger partial charge in [-0.2, -0.15) is 0 Å². The van der Waals surface area contributed by atoms with Crippen LogP contribution in [0, 0.1) is 6.92 Å². The number of imidazole rings is 1. The molecular formula is C16H23N3. The van der Waals surface area contributed by atoms with Crippen molar-refractivity contribution in [2.75, 3.05) is 6.54 Å². The van der Waals surface area contributed by atoms with E-state index in [0.29, 0.717) is 6.04 Å². The summed E-state index contributed by atoms with van der Waals surface area (Å²) in [6.07, 6.45) is 4.35. The van der Waals surface area contributed by atoms with E-state index in [4.69, 9.17) is 0 Å². The lowest BCUT2D eigenvalue weighted by Gasteiger charge is -2.05. The van der Waals surface area contributed by atoms with Gasteiger partial charge in [-0.15, -0.1) is 0 Å². The first-order valence-electron chi connectivity index (χ1n) is 7.18. The number of nitrogens with one attached hydrogen (secondary N) is 2. The average Bonchev–Trinajstić information content (AvgIpc) is 3.13. The van der Waals surface area contributed by atoms with Crippen LogP contribution in [-0.4, -0.2) is 16.5 Å². The molecule has 3 nitrogen and oxygen atoms in total. The van der Waals surface area contributed by atoms with E-state index >= 15 is 0 Å². The molecule has 0 spiro atoms. The summed E-state index contributed by atoms with van der Waals surface area (Å²) in [5, 5.41) is 3.45. The molecule has 1 fully saturated rings. The van der Waals surface area contributed by atoms with Crippen LogP contribution in [0.5, 0.6) is 0 Å². The van der Waals surface area contributed by atoms with Crippen LogP contribution in [0.4, 0.5) is 0 Å². The van der Waals surface area contributed by atoms with Gasteiger partial charge in [0, 0.05) is 0 Å². The third-order valence-corrected chi connectivity index (χ3v) is 3.35. The fourth-order valence-electron chi connectivity index (χ4n) is 2.31. The Balaban J connectivity index is 0.000000637. The number of nitrogens with zero attached hydrogens (tertiary/aromatic N) is 1. The van der Waals surface area contributed by atoms with Crippen molar-refractivity contribution >= 4 is 0 Å². The minimum Gasteiger partial charge on any atom is -0.341 e. The van der Waals surface area contributed by atoms with Gasteiger partial charge in [0.1, 0.15) is 5.82 Å². The van der Waals surface area contributed by atoms with Gasteiger partial charge in [-0.05, 0) is 31.9 Å². The largest absolute Gasteiger partial charge is 0.341 e. The molecule has 3 rings (SSSR count).